The standard InChI is InChI=1S/C45H61N5O8/c1-9-11-12-13-16-56-26(8)38-25(7)32-18-31-23(5)28(14-15-36(51)50-58-45-43(54)41(52)42(53)44(55)57-45)39(48-31)29-17-21(3)37-24(6)33(49-40(29)37)19-34-27(10-2)22(4)30(46-34)20-35(38)47-32/h18,20,23,26,28,34,41-45,47,49,52-55H,3,9-17,19H2,1-2,4-8H3,(H,50,51)/b32-18-,35-20-,39-29?/t23-,26?,28-,34?,41-,42-,43+,44-,45+/m0/s1. The lowest BCUT2D eigenvalue weighted by Crippen LogP contribution is -2.59. The van der Waals surface area contributed by atoms with Gasteiger partial charge in [-0.2, -0.15) is 0 Å². The number of nitrogens with one attached hydrogen (secondary N) is 3. The lowest BCUT2D eigenvalue weighted by Gasteiger charge is -2.37. The van der Waals surface area contributed by atoms with Crippen LogP contribution in [0.25, 0.3) is 23.3 Å². The number of nitrogens with zero attached hydrogens (tertiary/aromatic N) is 2. The first-order valence-electron chi connectivity index (χ1n) is 21.1. The third-order valence-corrected chi connectivity index (χ3v) is 12.9. The molecule has 2 aromatic heterocycles. The second-order valence-electron chi connectivity index (χ2n) is 16.7. The summed E-state index contributed by atoms with van der Waals surface area (Å²) in [6.45, 7) is 20.4. The molecule has 13 heteroatoms. The van der Waals surface area contributed by atoms with Gasteiger partial charge >= 0.3 is 0 Å². The predicted molar refractivity (Wildman–Crippen MR) is 224 cm³/mol. The number of rotatable bonds is 13. The third kappa shape index (κ3) is 7.90. The fourth-order valence-electron chi connectivity index (χ4n) is 9.48. The minimum Gasteiger partial charge on any atom is -0.387 e. The highest BCUT2D eigenvalue weighted by molar-refractivity contribution is 6.22. The fraction of sp³-hybridized carbons (Fsp3) is 0.578. The molecule has 0 aromatic carbocycles. The van der Waals surface area contributed by atoms with Gasteiger partial charge < -0.3 is 39.9 Å². The van der Waals surface area contributed by atoms with Gasteiger partial charge in [0.2, 0.25) is 12.2 Å². The summed E-state index contributed by atoms with van der Waals surface area (Å²) in [5.74, 6) is -0.666. The molecule has 9 atom stereocenters. The SMILES string of the molecule is C=C1CC2=C3N=C(/C=c4\[nH]/c(c(C(C)OCCCCCC)c4C)=C\C4=NC(Cc5[nH]c2c1c5C)C(CC)=C4C)[C@@H](C)[C@@H]3CCC(=O)NO[C@H]1O[C@H](O)[C@@H](O)[C@H](O)[C@H]1O. The number of unbranched alkanes of at least 4 members (excludes halogenated alkanes) is 3. The second-order valence-corrected chi connectivity index (χ2v) is 16.7. The first-order valence-corrected chi connectivity index (χ1v) is 21.1. The molecule has 1 aliphatic carbocycles. The van der Waals surface area contributed by atoms with Crippen LogP contribution in [0.5, 0.6) is 0 Å². The van der Waals surface area contributed by atoms with Crippen LogP contribution in [0.2, 0.25) is 0 Å². The van der Waals surface area contributed by atoms with Crippen LogP contribution in [0.4, 0.5) is 0 Å². The van der Waals surface area contributed by atoms with Crippen LogP contribution in [0.15, 0.2) is 33.4 Å². The van der Waals surface area contributed by atoms with Crippen molar-refractivity contribution in [1.29, 1.82) is 0 Å². The molecule has 5 aliphatic rings. The molecule has 2 aromatic rings. The summed E-state index contributed by atoms with van der Waals surface area (Å²) in [7, 11) is 0. The summed E-state index contributed by atoms with van der Waals surface area (Å²) in [5, 5.41) is 42.0. The molecular formula is C45H61N5O8. The van der Waals surface area contributed by atoms with Crippen molar-refractivity contribution >= 4 is 40.6 Å². The van der Waals surface area contributed by atoms with Crippen LogP contribution < -0.4 is 16.2 Å². The molecule has 0 radical (unpaired) electrons. The van der Waals surface area contributed by atoms with Gasteiger partial charge in [-0.3, -0.25) is 14.8 Å². The van der Waals surface area contributed by atoms with Crippen molar-refractivity contribution in [2.24, 2.45) is 21.8 Å². The smallest absolute Gasteiger partial charge is 0.243 e. The van der Waals surface area contributed by atoms with Gasteiger partial charge in [0.25, 0.3) is 0 Å². The van der Waals surface area contributed by atoms with Gasteiger partial charge in [-0.05, 0) is 87.0 Å². The van der Waals surface area contributed by atoms with Gasteiger partial charge in [-0.1, -0.05) is 46.6 Å². The number of ether oxygens (including phenoxy) is 2. The van der Waals surface area contributed by atoms with E-state index in [1.807, 2.05) is 0 Å². The average molecular weight is 800 g/mol. The van der Waals surface area contributed by atoms with Crippen molar-refractivity contribution in [1.82, 2.24) is 15.4 Å². The molecule has 4 aliphatic heterocycles. The molecule has 13 nitrogen and oxygen atoms in total. The topological polar surface area (TPSA) is 194 Å². The zero-order valence-electron chi connectivity index (χ0n) is 34.9. The van der Waals surface area contributed by atoms with E-state index < -0.39 is 36.8 Å². The Bertz CT molecular complexity index is 2190. The van der Waals surface area contributed by atoms with E-state index in [9.17, 15) is 25.2 Å². The van der Waals surface area contributed by atoms with Gasteiger partial charge in [0.05, 0.1) is 29.2 Å². The summed E-state index contributed by atoms with van der Waals surface area (Å²) in [4.78, 5) is 36.8. The van der Waals surface area contributed by atoms with Crippen molar-refractivity contribution in [3.8, 4) is 0 Å². The summed E-state index contributed by atoms with van der Waals surface area (Å²) in [5.41, 5.74) is 16.5. The van der Waals surface area contributed by atoms with Crippen molar-refractivity contribution in [3.63, 3.8) is 0 Å². The van der Waals surface area contributed by atoms with Crippen molar-refractivity contribution in [2.75, 3.05) is 6.61 Å². The van der Waals surface area contributed by atoms with E-state index in [-0.39, 0.29) is 30.4 Å². The normalized spacial score (nSPS) is 29.6. The number of aromatic nitrogens is 2. The lowest BCUT2D eigenvalue weighted by atomic mass is 9.85. The fourth-order valence-corrected chi connectivity index (χ4v) is 9.48. The number of carbonyl (C=O) groups is 1. The predicted octanol–water partition coefficient (Wildman–Crippen LogP) is 4.40. The van der Waals surface area contributed by atoms with Crippen molar-refractivity contribution in [3.05, 3.63) is 67.8 Å². The van der Waals surface area contributed by atoms with Gasteiger partial charge in [-0.15, -0.1) is 0 Å². The third-order valence-electron chi connectivity index (χ3n) is 12.9. The Labute approximate surface area is 340 Å². The summed E-state index contributed by atoms with van der Waals surface area (Å²) in [6, 6.07) is 0.00473. The van der Waals surface area contributed by atoms with E-state index in [1.54, 1.807) is 0 Å². The minimum atomic E-state index is -1.79. The van der Waals surface area contributed by atoms with Crippen LogP contribution in [0.1, 0.15) is 126 Å². The summed E-state index contributed by atoms with van der Waals surface area (Å²) < 4.78 is 11.6. The molecule has 7 rings (SSSR count). The lowest BCUT2D eigenvalue weighted by molar-refractivity contribution is -0.349. The zero-order chi connectivity index (χ0) is 41.6. The molecule has 7 N–H and O–H groups in total. The average Bonchev–Trinajstić information content (AvgIpc) is 3.95. The number of carbonyl (C=O) groups excluding carboxylic acids is 1. The van der Waals surface area contributed by atoms with Gasteiger partial charge in [0, 0.05) is 76.5 Å². The van der Waals surface area contributed by atoms with Gasteiger partial charge in [0.15, 0.2) is 6.29 Å². The number of hydrogen-bond acceptors (Lipinski definition) is 10. The highest BCUT2D eigenvalue weighted by Crippen LogP contribution is 2.49. The second kappa shape index (κ2) is 17.3. The van der Waals surface area contributed by atoms with Crippen LogP contribution in [0.3, 0.4) is 0 Å². The van der Waals surface area contributed by atoms with E-state index in [2.05, 4.69) is 82.6 Å². The van der Waals surface area contributed by atoms with Gasteiger partial charge in [0.1, 0.15) is 18.3 Å². The van der Waals surface area contributed by atoms with E-state index >= 15 is 0 Å². The number of hydrogen-bond donors (Lipinski definition) is 7. The van der Waals surface area contributed by atoms with E-state index in [0.29, 0.717) is 19.4 Å². The number of aliphatic imine (C=N–C) groups is 2. The number of fused-ring (bicyclic) bond motifs is 5. The largest absolute Gasteiger partial charge is 0.387 e. The number of amides is 1. The van der Waals surface area contributed by atoms with E-state index in [0.717, 1.165) is 92.7 Å². The zero-order valence-corrected chi connectivity index (χ0v) is 34.9. The maximum absolute atomic E-state index is 13.2. The number of aliphatic hydroxyl groups excluding tert-OH is 4. The molecule has 1 amide bonds. The maximum Gasteiger partial charge on any atom is 0.243 e. The van der Waals surface area contributed by atoms with Crippen molar-refractivity contribution < 1.29 is 39.5 Å². The Hall–Kier alpha value is -3.95. The summed E-state index contributed by atoms with van der Waals surface area (Å²) >= 11 is 0. The monoisotopic (exact) mass is 799 g/mol. The molecule has 58 heavy (non-hydrogen) atoms. The molecule has 1 saturated heterocycles. The molecule has 8 bridgehead atoms. The molecule has 1 fully saturated rings. The first-order chi connectivity index (χ1) is 27.7. The Morgan fingerprint density at radius 2 is 1.81 bits per heavy atom. The number of H-pyrrole nitrogens is 2. The van der Waals surface area contributed by atoms with Crippen LogP contribution in [-0.4, -0.2) is 91.3 Å². The van der Waals surface area contributed by atoms with Gasteiger partial charge in [-0.25, -0.2) is 10.3 Å². The van der Waals surface area contributed by atoms with E-state index in [1.165, 1.54) is 29.6 Å². The Morgan fingerprint density at radius 1 is 1.03 bits per heavy atom. The van der Waals surface area contributed by atoms with Crippen LogP contribution in [-0.2, 0) is 25.5 Å². The Kier molecular flexibility index (Phi) is 12.6. The van der Waals surface area contributed by atoms with Crippen LogP contribution in [0, 0.1) is 25.7 Å². The van der Waals surface area contributed by atoms with E-state index in [4.69, 9.17) is 24.3 Å². The molecule has 0 spiro atoms. The quantitative estimate of drug-likeness (QED) is 0.114. The molecule has 0 saturated carbocycles. The number of hydroxylamine groups is 1. The van der Waals surface area contributed by atoms with Crippen LogP contribution >= 0.6 is 0 Å². The summed E-state index contributed by atoms with van der Waals surface area (Å²) in [6.07, 6.45) is 3.03. The first kappa shape index (κ1) is 42.2. The molecule has 2 unspecified atom stereocenters. The minimum absolute atomic E-state index is 0.00473. The highest BCUT2D eigenvalue weighted by Gasteiger charge is 2.44. The number of aliphatic hydroxyl groups is 4. The van der Waals surface area contributed by atoms with Crippen molar-refractivity contribution in [2.45, 2.75) is 149 Å². The molecule has 314 valence electrons. The Balaban J connectivity index is 1.26. The maximum atomic E-state index is 13.2. The number of allylic oxidation sites excluding steroid dienone is 4. The highest BCUT2D eigenvalue weighted by atomic mass is 16.8. The molecule has 6 heterocycles. The number of aromatic amines is 2. The molecular weight excluding hydrogens is 739 g/mol. The Morgan fingerprint density at radius 3 is 2.55 bits per heavy atom.